The second-order valence-corrected chi connectivity index (χ2v) is 6.75. The molecule has 0 spiro atoms. The second kappa shape index (κ2) is 11.3. The summed E-state index contributed by atoms with van der Waals surface area (Å²) in [7, 11) is 0. The minimum Gasteiger partial charge on any atom is -0.463 e. The van der Waals surface area contributed by atoms with E-state index in [4.69, 9.17) is 23.7 Å². The summed E-state index contributed by atoms with van der Waals surface area (Å²) in [5, 5.41) is 12.8. The average molecular weight is 439 g/mol. The lowest BCUT2D eigenvalue weighted by Crippen LogP contribution is -2.66. The van der Waals surface area contributed by atoms with E-state index in [9.17, 15) is 24.3 Å². The van der Waals surface area contributed by atoms with Gasteiger partial charge >= 0.3 is 24.0 Å². The Morgan fingerprint density at radius 3 is 2.13 bits per heavy atom. The van der Waals surface area contributed by atoms with Crippen LogP contribution in [0.3, 0.4) is 0 Å². The minimum absolute atomic E-state index is 0.0446. The number of carbonyl (C=O) groups is 4. The van der Waals surface area contributed by atoms with E-state index in [1.807, 2.05) is 6.07 Å². The first-order chi connectivity index (χ1) is 14.7. The number of esters is 3. The van der Waals surface area contributed by atoms with Crippen LogP contribution < -0.4 is 5.32 Å². The predicted octanol–water partition coefficient (Wildman–Crippen LogP) is 0.425. The zero-order chi connectivity index (χ0) is 23.0. The van der Waals surface area contributed by atoms with Gasteiger partial charge in [-0.25, -0.2) is 4.79 Å². The van der Waals surface area contributed by atoms with Gasteiger partial charge in [-0.15, -0.1) is 0 Å². The van der Waals surface area contributed by atoms with E-state index in [-0.39, 0.29) is 13.2 Å². The summed E-state index contributed by atoms with van der Waals surface area (Å²) in [6.45, 7) is 2.97. The van der Waals surface area contributed by atoms with Crippen molar-refractivity contribution in [1.29, 1.82) is 0 Å². The molecule has 1 heterocycles. The van der Waals surface area contributed by atoms with Crippen molar-refractivity contribution in [3.63, 3.8) is 0 Å². The van der Waals surface area contributed by atoms with Crippen LogP contribution in [0.4, 0.5) is 4.79 Å². The first-order valence-electron chi connectivity index (χ1n) is 9.46. The molecule has 0 bridgehead atoms. The number of ether oxygens (including phenoxy) is 5. The zero-order valence-corrected chi connectivity index (χ0v) is 17.3. The molecule has 0 radical (unpaired) electrons. The van der Waals surface area contributed by atoms with Crippen molar-refractivity contribution in [2.45, 2.75) is 58.0 Å². The first-order valence-corrected chi connectivity index (χ1v) is 9.46. The maximum absolute atomic E-state index is 12.3. The molecule has 1 saturated heterocycles. The van der Waals surface area contributed by atoms with Crippen LogP contribution in [-0.4, -0.2) is 66.4 Å². The lowest BCUT2D eigenvalue weighted by molar-refractivity contribution is -0.264. The molecular weight excluding hydrogens is 414 g/mol. The molecule has 0 unspecified atom stereocenters. The second-order valence-electron chi connectivity index (χ2n) is 6.75. The average Bonchev–Trinajstić information content (AvgIpc) is 2.70. The van der Waals surface area contributed by atoms with Crippen LogP contribution in [0.25, 0.3) is 0 Å². The largest absolute Gasteiger partial charge is 0.463 e. The Morgan fingerprint density at radius 2 is 1.55 bits per heavy atom. The molecule has 1 fully saturated rings. The van der Waals surface area contributed by atoms with Crippen molar-refractivity contribution in [1.82, 2.24) is 5.32 Å². The fraction of sp³-hybridized carbons (Fsp3) is 0.500. The molecule has 31 heavy (non-hydrogen) atoms. The lowest BCUT2D eigenvalue weighted by atomic mass is 9.96. The molecule has 0 saturated carbocycles. The Bertz CT molecular complexity index is 783. The van der Waals surface area contributed by atoms with Gasteiger partial charge in [0, 0.05) is 20.8 Å². The monoisotopic (exact) mass is 439 g/mol. The fourth-order valence-electron chi connectivity index (χ4n) is 2.97. The van der Waals surface area contributed by atoms with Crippen LogP contribution in [0.15, 0.2) is 30.3 Å². The number of hydrogen-bond acceptors (Lipinski definition) is 10. The van der Waals surface area contributed by atoms with Crippen LogP contribution in [-0.2, 0) is 44.7 Å². The molecule has 2 rings (SSSR count). The van der Waals surface area contributed by atoms with E-state index in [2.05, 4.69) is 5.32 Å². The molecule has 1 aromatic carbocycles. The Kier molecular flexibility index (Phi) is 8.76. The van der Waals surface area contributed by atoms with Gasteiger partial charge in [0.05, 0.1) is 0 Å². The summed E-state index contributed by atoms with van der Waals surface area (Å²) in [6, 6.07) is 7.54. The molecule has 1 aromatic rings. The summed E-state index contributed by atoms with van der Waals surface area (Å²) >= 11 is 0. The Hall–Kier alpha value is -3.18. The van der Waals surface area contributed by atoms with Crippen molar-refractivity contribution >= 4 is 24.0 Å². The van der Waals surface area contributed by atoms with Crippen LogP contribution in [0.5, 0.6) is 0 Å². The number of hydrogen-bond donors (Lipinski definition) is 2. The maximum Gasteiger partial charge on any atom is 0.407 e. The molecule has 2 N–H and O–H groups in total. The zero-order valence-electron chi connectivity index (χ0n) is 17.3. The highest BCUT2D eigenvalue weighted by molar-refractivity contribution is 5.69. The summed E-state index contributed by atoms with van der Waals surface area (Å²) in [5.74, 6) is -2.12. The van der Waals surface area contributed by atoms with Crippen molar-refractivity contribution in [2.24, 2.45) is 0 Å². The Labute approximate surface area is 178 Å². The summed E-state index contributed by atoms with van der Waals surface area (Å²) in [4.78, 5) is 46.7. The van der Waals surface area contributed by atoms with E-state index in [1.165, 1.54) is 0 Å². The highest BCUT2D eigenvalue weighted by Crippen LogP contribution is 2.26. The topological polar surface area (TPSA) is 147 Å². The molecule has 1 aliphatic heterocycles. The Balaban J connectivity index is 2.16. The normalized spacial score (nSPS) is 25.1. The van der Waals surface area contributed by atoms with Gasteiger partial charge in [-0.3, -0.25) is 14.4 Å². The van der Waals surface area contributed by atoms with E-state index in [0.29, 0.717) is 0 Å². The molecule has 11 heteroatoms. The van der Waals surface area contributed by atoms with Gasteiger partial charge in [0.25, 0.3) is 0 Å². The fourth-order valence-corrected chi connectivity index (χ4v) is 2.97. The van der Waals surface area contributed by atoms with Gasteiger partial charge in [0.15, 0.2) is 18.5 Å². The SMILES string of the molecule is CC(=O)OC[C@@H]1O[C@@H](O)[C@@H](NC(=O)OCc2ccccc2)[C@@H](OC(C)=O)[C@@H]1OC(C)=O. The predicted molar refractivity (Wildman–Crippen MR) is 102 cm³/mol. The van der Waals surface area contributed by atoms with Gasteiger partial charge in [0.2, 0.25) is 0 Å². The molecule has 0 aromatic heterocycles. The Morgan fingerprint density at radius 1 is 0.935 bits per heavy atom. The highest BCUT2D eigenvalue weighted by atomic mass is 16.7. The number of aliphatic hydroxyl groups is 1. The third-order valence-corrected chi connectivity index (χ3v) is 4.22. The summed E-state index contributed by atoms with van der Waals surface area (Å²) in [6.07, 6.45) is -6.36. The van der Waals surface area contributed by atoms with Crippen molar-refractivity contribution in [3.8, 4) is 0 Å². The van der Waals surface area contributed by atoms with Gasteiger partial charge in [-0.05, 0) is 5.56 Å². The van der Waals surface area contributed by atoms with E-state index >= 15 is 0 Å². The van der Waals surface area contributed by atoms with Crippen LogP contribution in [0.1, 0.15) is 26.3 Å². The van der Waals surface area contributed by atoms with E-state index in [0.717, 1.165) is 26.3 Å². The van der Waals surface area contributed by atoms with Crippen LogP contribution >= 0.6 is 0 Å². The van der Waals surface area contributed by atoms with Gasteiger partial charge in [-0.1, -0.05) is 30.3 Å². The third kappa shape index (κ3) is 7.54. The number of aliphatic hydroxyl groups excluding tert-OH is 1. The van der Waals surface area contributed by atoms with Crippen molar-refractivity contribution in [3.05, 3.63) is 35.9 Å². The van der Waals surface area contributed by atoms with Crippen LogP contribution in [0.2, 0.25) is 0 Å². The third-order valence-electron chi connectivity index (χ3n) is 4.22. The minimum atomic E-state index is -1.68. The molecule has 0 aliphatic carbocycles. The van der Waals surface area contributed by atoms with Crippen molar-refractivity contribution < 1.29 is 48.0 Å². The molecular formula is C20H25NO10. The molecule has 170 valence electrons. The standard InChI is InChI=1S/C20H25NO10/c1-11(22)27-10-15-17(29-12(2)23)18(30-13(3)24)16(19(25)31-15)21-20(26)28-9-14-7-5-4-6-8-14/h4-8,15-19,25H,9-10H2,1-3H3,(H,21,26)/t15-,16-,17+,18+,19+/m0/s1. The number of carbonyl (C=O) groups excluding carboxylic acids is 4. The lowest BCUT2D eigenvalue weighted by Gasteiger charge is -2.43. The molecule has 11 nitrogen and oxygen atoms in total. The quantitative estimate of drug-likeness (QED) is 0.453. The number of rotatable bonds is 7. The summed E-state index contributed by atoms with van der Waals surface area (Å²) < 4.78 is 25.8. The number of nitrogens with one attached hydrogen (secondary N) is 1. The van der Waals surface area contributed by atoms with Crippen molar-refractivity contribution in [2.75, 3.05) is 6.61 Å². The van der Waals surface area contributed by atoms with Gasteiger partial charge in [-0.2, -0.15) is 0 Å². The maximum atomic E-state index is 12.3. The van der Waals surface area contributed by atoms with Crippen LogP contribution in [0, 0.1) is 0 Å². The van der Waals surface area contributed by atoms with Gasteiger partial charge in [0.1, 0.15) is 25.4 Å². The molecule has 5 atom stereocenters. The summed E-state index contributed by atoms with van der Waals surface area (Å²) in [5.41, 5.74) is 0.730. The molecule has 1 aliphatic rings. The highest BCUT2D eigenvalue weighted by Gasteiger charge is 2.50. The number of amides is 1. The van der Waals surface area contributed by atoms with Gasteiger partial charge < -0.3 is 34.1 Å². The smallest absolute Gasteiger partial charge is 0.407 e. The first kappa shape index (κ1) is 24.1. The van der Waals surface area contributed by atoms with E-state index < -0.39 is 54.6 Å². The molecule has 1 amide bonds. The van der Waals surface area contributed by atoms with E-state index in [1.54, 1.807) is 24.3 Å². The number of benzene rings is 1. The number of alkyl carbamates (subject to hydrolysis) is 1.